The van der Waals surface area contributed by atoms with Gasteiger partial charge in [-0.2, -0.15) is 0 Å². The number of methoxy groups -OCH3 is 1. The van der Waals surface area contributed by atoms with Crippen LogP contribution >= 0.6 is 0 Å². The van der Waals surface area contributed by atoms with E-state index in [0.29, 0.717) is 19.0 Å². The minimum atomic E-state index is -0.864. The lowest BCUT2D eigenvalue weighted by molar-refractivity contribution is 0.0950. The summed E-state index contributed by atoms with van der Waals surface area (Å²) in [4.78, 5) is 11.8. The second-order valence-corrected chi connectivity index (χ2v) is 4.48. The van der Waals surface area contributed by atoms with E-state index in [-0.39, 0.29) is 5.56 Å². The molecule has 0 atom stereocenters. The lowest BCUT2D eigenvalue weighted by atomic mass is 10.1. The number of hydrogen-bond donors (Lipinski definition) is 1. The highest BCUT2D eigenvalue weighted by Gasteiger charge is 2.11. The molecule has 0 aliphatic carbocycles. The van der Waals surface area contributed by atoms with E-state index in [0.717, 1.165) is 23.4 Å². The van der Waals surface area contributed by atoms with Crippen molar-refractivity contribution in [2.45, 2.75) is 6.42 Å². The van der Waals surface area contributed by atoms with Gasteiger partial charge in [-0.3, -0.25) is 4.79 Å². The summed E-state index contributed by atoms with van der Waals surface area (Å²) in [6, 6.07) is 10.3. The molecule has 0 spiro atoms. The van der Waals surface area contributed by atoms with Gasteiger partial charge in [0, 0.05) is 12.6 Å². The highest BCUT2D eigenvalue weighted by molar-refractivity contribution is 5.94. The van der Waals surface area contributed by atoms with Crippen molar-refractivity contribution in [3.8, 4) is 5.75 Å². The van der Waals surface area contributed by atoms with Crippen LogP contribution in [0, 0.1) is 11.6 Å². The Kier molecular flexibility index (Phi) is 4.87. The third-order valence-electron chi connectivity index (χ3n) is 3.03. The standard InChI is InChI=1S/C16H15F2NO2/c1-21-13-5-2-11(3-6-13)8-9-19-16(20)14-7-4-12(17)10-15(14)18/h2-7,10H,8-9H2,1H3,(H,19,20). The predicted molar refractivity (Wildman–Crippen MR) is 75.4 cm³/mol. The second kappa shape index (κ2) is 6.83. The van der Waals surface area contributed by atoms with E-state index in [1.54, 1.807) is 7.11 Å². The summed E-state index contributed by atoms with van der Waals surface area (Å²) < 4.78 is 31.2. The number of halogens is 2. The van der Waals surface area contributed by atoms with Crippen molar-refractivity contribution >= 4 is 5.91 Å². The van der Waals surface area contributed by atoms with Crippen LogP contribution in [0.1, 0.15) is 15.9 Å². The molecule has 21 heavy (non-hydrogen) atoms. The number of carbonyl (C=O) groups is 1. The van der Waals surface area contributed by atoms with Crippen LogP contribution in [0.15, 0.2) is 42.5 Å². The molecule has 0 aliphatic rings. The summed E-state index contributed by atoms with van der Waals surface area (Å²) in [5.41, 5.74) is 0.863. The number of rotatable bonds is 5. The fourth-order valence-electron chi connectivity index (χ4n) is 1.88. The first-order chi connectivity index (χ1) is 10.1. The number of amides is 1. The summed E-state index contributed by atoms with van der Waals surface area (Å²) >= 11 is 0. The molecule has 2 rings (SSSR count). The van der Waals surface area contributed by atoms with Crippen molar-refractivity contribution in [3.63, 3.8) is 0 Å². The van der Waals surface area contributed by atoms with Crippen LogP contribution in [-0.2, 0) is 6.42 Å². The summed E-state index contributed by atoms with van der Waals surface area (Å²) in [7, 11) is 1.59. The monoisotopic (exact) mass is 291 g/mol. The Labute approximate surface area is 121 Å². The molecule has 0 bridgehead atoms. The van der Waals surface area contributed by atoms with Crippen molar-refractivity contribution < 1.29 is 18.3 Å². The Morgan fingerprint density at radius 2 is 1.86 bits per heavy atom. The quantitative estimate of drug-likeness (QED) is 0.920. The third kappa shape index (κ3) is 4.02. The van der Waals surface area contributed by atoms with Crippen LogP contribution in [0.25, 0.3) is 0 Å². The Hall–Kier alpha value is -2.43. The maximum absolute atomic E-state index is 13.4. The zero-order valence-corrected chi connectivity index (χ0v) is 11.5. The van der Waals surface area contributed by atoms with Gasteiger partial charge in [-0.25, -0.2) is 8.78 Å². The molecule has 5 heteroatoms. The number of nitrogens with one attached hydrogen (secondary N) is 1. The Morgan fingerprint density at radius 1 is 1.14 bits per heavy atom. The van der Waals surface area contributed by atoms with E-state index >= 15 is 0 Å². The topological polar surface area (TPSA) is 38.3 Å². The van der Waals surface area contributed by atoms with Crippen LogP contribution in [0.3, 0.4) is 0 Å². The highest BCUT2D eigenvalue weighted by atomic mass is 19.1. The average molecular weight is 291 g/mol. The van der Waals surface area contributed by atoms with Crippen molar-refractivity contribution in [1.82, 2.24) is 5.32 Å². The van der Waals surface area contributed by atoms with Crippen LogP contribution in [0.2, 0.25) is 0 Å². The average Bonchev–Trinajstić information content (AvgIpc) is 2.47. The molecule has 0 saturated heterocycles. The van der Waals surface area contributed by atoms with Gasteiger partial charge in [0.2, 0.25) is 0 Å². The number of hydrogen-bond acceptors (Lipinski definition) is 2. The zero-order valence-electron chi connectivity index (χ0n) is 11.5. The van der Waals surface area contributed by atoms with Crippen molar-refractivity contribution in [2.75, 3.05) is 13.7 Å². The van der Waals surface area contributed by atoms with Crippen molar-refractivity contribution in [1.29, 1.82) is 0 Å². The van der Waals surface area contributed by atoms with Gasteiger partial charge in [-0.15, -0.1) is 0 Å². The zero-order chi connectivity index (χ0) is 15.2. The molecule has 0 saturated carbocycles. The molecule has 0 unspecified atom stereocenters. The Balaban J connectivity index is 1.88. The molecule has 3 nitrogen and oxygen atoms in total. The largest absolute Gasteiger partial charge is 0.497 e. The summed E-state index contributed by atoms with van der Waals surface area (Å²) in [6.07, 6.45) is 0.610. The smallest absolute Gasteiger partial charge is 0.254 e. The molecule has 0 aliphatic heterocycles. The Bertz CT molecular complexity index is 627. The third-order valence-corrected chi connectivity index (χ3v) is 3.03. The molecular weight excluding hydrogens is 276 g/mol. The minimum Gasteiger partial charge on any atom is -0.497 e. The first-order valence-corrected chi connectivity index (χ1v) is 6.46. The lowest BCUT2D eigenvalue weighted by Gasteiger charge is -2.07. The van der Waals surface area contributed by atoms with E-state index in [1.807, 2.05) is 24.3 Å². The van der Waals surface area contributed by atoms with Crippen molar-refractivity contribution in [3.05, 3.63) is 65.2 Å². The molecular formula is C16H15F2NO2. The number of carbonyl (C=O) groups excluding carboxylic acids is 1. The van der Waals surface area contributed by atoms with Gasteiger partial charge in [0.1, 0.15) is 17.4 Å². The molecule has 0 heterocycles. The van der Waals surface area contributed by atoms with Crippen LogP contribution in [-0.4, -0.2) is 19.6 Å². The molecule has 1 amide bonds. The van der Waals surface area contributed by atoms with Gasteiger partial charge >= 0.3 is 0 Å². The Morgan fingerprint density at radius 3 is 2.48 bits per heavy atom. The number of ether oxygens (including phenoxy) is 1. The maximum atomic E-state index is 13.4. The van der Waals surface area contributed by atoms with Gasteiger partial charge in [0.05, 0.1) is 12.7 Å². The molecule has 0 aromatic heterocycles. The normalized spacial score (nSPS) is 10.2. The molecule has 1 N–H and O–H groups in total. The van der Waals surface area contributed by atoms with E-state index in [2.05, 4.69) is 5.32 Å². The predicted octanol–water partition coefficient (Wildman–Crippen LogP) is 2.95. The van der Waals surface area contributed by atoms with Crippen molar-refractivity contribution in [2.24, 2.45) is 0 Å². The van der Waals surface area contributed by atoms with Crippen LogP contribution in [0.5, 0.6) is 5.75 Å². The second-order valence-electron chi connectivity index (χ2n) is 4.48. The molecule has 2 aromatic rings. The molecule has 0 fully saturated rings. The van der Waals surface area contributed by atoms with E-state index < -0.39 is 17.5 Å². The highest BCUT2D eigenvalue weighted by Crippen LogP contribution is 2.12. The summed E-state index contributed by atoms with van der Waals surface area (Å²) in [5.74, 6) is -1.36. The van der Waals surface area contributed by atoms with Gasteiger partial charge in [0.15, 0.2) is 0 Å². The van der Waals surface area contributed by atoms with Gasteiger partial charge in [0.25, 0.3) is 5.91 Å². The fraction of sp³-hybridized carbons (Fsp3) is 0.188. The molecule has 0 radical (unpaired) electrons. The lowest BCUT2D eigenvalue weighted by Crippen LogP contribution is -2.26. The van der Waals surface area contributed by atoms with Gasteiger partial charge in [-0.05, 0) is 36.2 Å². The molecule has 110 valence electrons. The first kappa shape index (κ1) is 15.0. The van der Waals surface area contributed by atoms with E-state index in [9.17, 15) is 13.6 Å². The van der Waals surface area contributed by atoms with Gasteiger partial charge < -0.3 is 10.1 Å². The number of benzene rings is 2. The first-order valence-electron chi connectivity index (χ1n) is 6.46. The van der Waals surface area contributed by atoms with Crippen LogP contribution < -0.4 is 10.1 Å². The van der Waals surface area contributed by atoms with Gasteiger partial charge in [-0.1, -0.05) is 12.1 Å². The molecule has 2 aromatic carbocycles. The van der Waals surface area contributed by atoms with E-state index in [4.69, 9.17) is 4.74 Å². The fourth-order valence-corrected chi connectivity index (χ4v) is 1.88. The minimum absolute atomic E-state index is 0.161. The van der Waals surface area contributed by atoms with E-state index in [1.165, 1.54) is 0 Å². The van der Waals surface area contributed by atoms with Crippen LogP contribution in [0.4, 0.5) is 8.78 Å². The summed E-state index contributed by atoms with van der Waals surface area (Å²) in [6.45, 7) is 0.363. The maximum Gasteiger partial charge on any atom is 0.254 e. The summed E-state index contributed by atoms with van der Waals surface area (Å²) in [5, 5.41) is 2.60. The SMILES string of the molecule is COc1ccc(CCNC(=O)c2ccc(F)cc2F)cc1.